The molecule has 1 aliphatic heterocycles. The van der Waals surface area contributed by atoms with E-state index in [1.165, 1.54) is 12.4 Å². The third kappa shape index (κ3) is 3.67. The van der Waals surface area contributed by atoms with Crippen LogP contribution in [-0.4, -0.2) is 35.6 Å². The lowest BCUT2D eigenvalue weighted by Gasteiger charge is -2.33. The van der Waals surface area contributed by atoms with Gasteiger partial charge in [-0.2, -0.15) is 18.9 Å². The van der Waals surface area contributed by atoms with Crippen LogP contribution in [0.3, 0.4) is 0 Å². The molecule has 1 N–H and O–H groups in total. The second-order valence-electron chi connectivity index (χ2n) is 6.50. The van der Waals surface area contributed by atoms with Crippen molar-refractivity contribution in [2.24, 2.45) is 0 Å². The van der Waals surface area contributed by atoms with E-state index in [9.17, 15) is 8.78 Å². The average molecular weight is 402 g/mol. The quantitative estimate of drug-likeness (QED) is 0.671. The third-order valence-electron chi connectivity index (χ3n) is 4.94. The van der Waals surface area contributed by atoms with Gasteiger partial charge in [0.25, 0.3) is 0 Å². The van der Waals surface area contributed by atoms with Crippen molar-refractivity contribution in [2.75, 3.05) is 19.5 Å². The van der Waals surface area contributed by atoms with E-state index < -0.39 is 6.61 Å². The molecule has 0 fully saturated rings. The Labute approximate surface area is 166 Å². The van der Waals surface area contributed by atoms with E-state index in [1.54, 1.807) is 37.1 Å². The monoisotopic (exact) mass is 402 g/mol. The normalized spacial score (nSPS) is 18.1. The van der Waals surface area contributed by atoms with Crippen molar-refractivity contribution in [3.8, 4) is 17.2 Å². The summed E-state index contributed by atoms with van der Waals surface area (Å²) in [4.78, 5) is 4.28. The first-order chi connectivity index (χ1) is 14.1. The molecular formula is C20H20F2N4O3. The zero-order valence-corrected chi connectivity index (χ0v) is 15.9. The van der Waals surface area contributed by atoms with E-state index in [2.05, 4.69) is 15.4 Å². The van der Waals surface area contributed by atoms with Gasteiger partial charge < -0.3 is 19.5 Å². The molecule has 0 amide bonds. The Hall–Kier alpha value is -3.36. The topological polar surface area (TPSA) is 70.4 Å². The number of hydrogen-bond acceptors (Lipinski definition) is 6. The molecule has 1 aromatic heterocycles. The number of nitrogens with zero attached hydrogens (tertiary/aromatic N) is 3. The smallest absolute Gasteiger partial charge is 0.387 e. The number of benzene rings is 2. The minimum absolute atomic E-state index is 0.129. The number of aromatic nitrogens is 3. The molecule has 3 aromatic rings. The van der Waals surface area contributed by atoms with Crippen LogP contribution in [0, 0.1) is 0 Å². The molecule has 7 nitrogen and oxygen atoms in total. The molecule has 9 heteroatoms. The van der Waals surface area contributed by atoms with Crippen LogP contribution in [0.25, 0.3) is 0 Å². The SMILES string of the molecule is COc1ccc(OC)c([C@H]2C[C@@H](c3ccccc3OC(F)F)Nc3ncnn32)c1. The van der Waals surface area contributed by atoms with Crippen LogP contribution in [-0.2, 0) is 0 Å². The van der Waals surface area contributed by atoms with Crippen molar-refractivity contribution in [1.29, 1.82) is 0 Å². The molecule has 29 heavy (non-hydrogen) atoms. The molecule has 4 rings (SSSR count). The van der Waals surface area contributed by atoms with Gasteiger partial charge in [-0.3, -0.25) is 0 Å². The van der Waals surface area contributed by atoms with Gasteiger partial charge in [0.2, 0.25) is 5.95 Å². The summed E-state index contributed by atoms with van der Waals surface area (Å²) in [6.07, 6.45) is 1.97. The molecule has 0 saturated heterocycles. The fourth-order valence-corrected chi connectivity index (χ4v) is 3.65. The lowest BCUT2D eigenvalue weighted by atomic mass is 9.92. The van der Waals surface area contributed by atoms with Gasteiger partial charge in [0.15, 0.2) is 0 Å². The van der Waals surface area contributed by atoms with E-state index in [4.69, 9.17) is 14.2 Å². The standard InChI is InChI=1S/C20H20F2N4O3/c1-27-12-7-8-17(28-2)14(9-12)16-10-15(25-20-23-11-24-26(16)20)13-5-3-4-6-18(13)29-19(21)22/h3-9,11,15-16,19H,10H2,1-2H3,(H,23,24,25)/t15-,16+/m0/s1. The number of para-hydroxylation sites is 1. The highest BCUT2D eigenvalue weighted by Crippen LogP contribution is 2.43. The lowest BCUT2D eigenvalue weighted by molar-refractivity contribution is -0.0506. The van der Waals surface area contributed by atoms with Crippen molar-refractivity contribution in [2.45, 2.75) is 25.1 Å². The molecule has 0 aliphatic carbocycles. The maximum absolute atomic E-state index is 12.9. The number of methoxy groups -OCH3 is 2. The molecule has 2 heterocycles. The first-order valence-corrected chi connectivity index (χ1v) is 9.02. The lowest BCUT2D eigenvalue weighted by Crippen LogP contribution is -2.28. The fraction of sp³-hybridized carbons (Fsp3) is 0.300. The van der Waals surface area contributed by atoms with Crippen LogP contribution in [0.2, 0.25) is 0 Å². The molecular weight excluding hydrogens is 382 g/mol. The minimum atomic E-state index is -2.90. The Bertz CT molecular complexity index is 995. The highest BCUT2D eigenvalue weighted by atomic mass is 19.3. The number of rotatable bonds is 6. The van der Waals surface area contributed by atoms with Gasteiger partial charge in [-0.1, -0.05) is 18.2 Å². The second kappa shape index (κ2) is 7.94. The fourth-order valence-electron chi connectivity index (χ4n) is 3.65. The third-order valence-corrected chi connectivity index (χ3v) is 4.94. The van der Waals surface area contributed by atoms with Gasteiger partial charge in [-0.25, -0.2) is 4.68 Å². The van der Waals surface area contributed by atoms with Gasteiger partial charge >= 0.3 is 6.61 Å². The average Bonchev–Trinajstić information content (AvgIpc) is 3.21. The molecule has 0 spiro atoms. The van der Waals surface area contributed by atoms with Crippen molar-refractivity contribution in [1.82, 2.24) is 14.8 Å². The number of ether oxygens (including phenoxy) is 3. The summed E-state index contributed by atoms with van der Waals surface area (Å²) in [5, 5.41) is 7.60. The highest BCUT2D eigenvalue weighted by molar-refractivity contribution is 5.48. The first-order valence-electron chi connectivity index (χ1n) is 9.02. The molecule has 2 aromatic carbocycles. The van der Waals surface area contributed by atoms with Crippen molar-refractivity contribution >= 4 is 5.95 Å². The predicted octanol–water partition coefficient (Wildman–Crippen LogP) is 4.04. The molecule has 1 aliphatic rings. The van der Waals surface area contributed by atoms with Gasteiger partial charge in [0, 0.05) is 11.1 Å². The maximum Gasteiger partial charge on any atom is 0.387 e. The van der Waals surface area contributed by atoms with Crippen molar-refractivity contribution in [3.05, 3.63) is 59.9 Å². The Balaban J connectivity index is 1.77. The van der Waals surface area contributed by atoms with E-state index in [0.717, 1.165) is 5.56 Å². The van der Waals surface area contributed by atoms with Crippen LogP contribution < -0.4 is 19.5 Å². The first kappa shape index (κ1) is 19.0. The molecule has 152 valence electrons. The number of hydrogen-bond donors (Lipinski definition) is 1. The van der Waals surface area contributed by atoms with Gasteiger partial charge in [-0.05, 0) is 30.7 Å². The maximum atomic E-state index is 12.9. The van der Waals surface area contributed by atoms with E-state index in [1.807, 2.05) is 18.2 Å². The largest absolute Gasteiger partial charge is 0.497 e. The van der Waals surface area contributed by atoms with Crippen molar-refractivity contribution < 1.29 is 23.0 Å². The van der Waals surface area contributed by atoms with Gasteiger partial charge in [0.1, 0.15) is 23.6 Å². The van der Waals surface area contributed by atoms with Crippen LogP contribution in [0.1, 0.15) is 29.6 Å². The molecule has 0 radical (unpaired) electrons. The van der Waals surface area contributed by atoms with Crippen LogP contribution in [0.15, 0.2) is 48.8 Å². The molecule has 0 bridgehead atoms. The van der Waals surface area contributed by atoms with E-state index in [-0.39, 0.29) is 17.8 Å². The second-order valence-corrected chi connectivity index (χ2v) is 6.50. The Morgan fingerprint density at radius 3 is 2.66 bits per heavy atom. The Morgan fingerprint density at radius 1 is 1.07 bits per heavy atom. The summed E-state index contributed by atoms with van der Waals surface area (Å²) in [6, 6.07) is 11.7. The summed E-state index contributed by atoms with van der Waals surface area (Å²) in [5.41, 5.74) is 1.48. The summed E-state index contributed by atoms with van der Waals surface area (Å²) in [6.45, 7) is -2.90. The Kier molecular flexibility index (Phi) is 5.20. The summed E-state index contributed by atoms with van der Waals surface area (Å²) in [7, 11) is 3.19. The summed E-state index contributed by atoms with van der Waals surface area (Å²) in [5.74, 6) is 2.02. The summed E-state index contributed by atoms with van der Waals surface area (Å²) >= 11 is 0. The minimum Gasteiger partial charge on any atom is -0.497 e. The zero-order chi connectivity index (χ0) is 20.4. The van der Waals surface area contributed by atoms with E-state index in [0.29, 0.717) is 29.4 Å². The number of halogens is 2. The molecule has 2 atom stereocenters. The van der Waals surface area contributed by atoms with Gasteiger partial charge in [0.05, 0.1) is 26.3 Å². The van der Waals surface area contributed by atoms with Crippen LogP contribution in [0.4, 0.5) is 14.7 Å². The van der Waals surface area contributed by atoms with Crippen molar-refractivity contribution in [3.63, 3.8) is 0 Å². The molecule has 0 saturated carbocycles. The zero-order valence-electron chi connectivity index (χ0n) is 15.9. The predicted molar refractivity (Wildman–Crippen MR) is 102 cm³/mol. The van der Waals surface area contributed by atoms with Gasteiger partial charge in [-0.15, -0.1) is 0 Å². The Morgan fingerprint density at radius 2 is 1.90 bits per heavy atom. The number of alkyl halides is 2. The number of anilines is 1. The van der Waals surface area contributed by atoms with Crippen LogP contribution in [0.5, 0.6) is 17.2 Å². The summed E-state index contributed by atoms with van der Waals surface area (Å²) < 4.78 is 43.2. The number of fused-ring (bicyclic) bond motifs is 1. The highest BCUT2D eigenvalue weighted by Gasteiger charge is 2.33. The molecule has 0 unspecified atom stereocenters. The van der Waals surface area contributed by atoms with E-state index >= 15 is 0 Å². The number of nitrogens with one attached hydrogen (secondary N) is 1. The van der Waals surface area contributed by atoms with Crippen LogP contribution >= 0.6 is 0 Å².